The van der Waals surface area contributed by atoms with Crippen molar-refractivity contribution < 1.29 is 18.3 Å². The number of alkyl halides is 2. The Balaban J connectivity index is 2.22. The molecule has 0 saturated heterocycles. The Bertz CT molecular complexity index is 315. The number of benzene rings is 1. The quantitative estimate of drug-likeness (QED) is 0.730. The first-order valence-corrected chi connectivity index (χ1v) is 4.36. The molecule has 0 N–H and O–H groups in total. The zero-order valence-corrected chi connectivity index (χ0v) is 7.45. The van der Waals surface area contributed by atoms with Gasteiger partial charge < -0.3 is 9.47 Å². The van der Waals surface area contributed by atoms with Gasteiger partial charge in [0.25, 0.3) is 0 Å². The van der Waals surface area contributed by atoms with E-state index in [-0.39, 0.29) is 6.61 Å². The van der Waals surface area contributed by atoms with Crippen molar-refractivity contribution >= 4 is 0 Å². The minimum Gasteiger partial charge on any atom is -0.374 e. The topological polar surface area (TPSA) is 18.5 Å². The zero-order chi connectivity index (χ0) is 9.97. The van der Waals surface area contributed by atoms with Crippen molar-refractivity contribution in [3.8, 4) is 0 Å². The van der Waals surface area contributed by atoms with Gasteiger partial charge in [0.15, 0.2) is 0 Å². The number of hydrogen-bond acceptors (Lipinski definition) is 2. The summed E-state index contributed by atoms with van der Waals surface area (Å²) in [6.07, 6.45) is -0.639. The first kappa shape index (κ1) is 9.55. The van der Waals surface area contributed by atoms with E-state index in [1.165, 1.54) is 0 Å². The van der Waals surface area contributed by atoms with E-state index < -0.39 is 12.7 Å². The van der Waals surface area contributed by atoms with Gasteiger partial charge in [0.05, 0.1) is 13.2 Å². The van der Waals surface area contributed by atoms with Gasteiger partial charge in [-0.1, -0.05) is 24.3 Å². The molecule has 0 bridgehead atoms. The second kappa shape index (κ2) is 4.02. The molecule has 0 saturated carbocycles. The second-order valence-corrected chi connectivity index (χ2v) is 3.10. The van der Waals surface area contributed by atoms with Gasteiger partial charge in [-0.25, -0.2) is 0 Å². The van der Waals surface area contributed by atoms with Crippen molar-refractivity contribution in [1.82, 2.24) is 0 Å². The van der Waals surface area contributed by atoms with Crippen LogP contribution in [-0.2, 0) is 16.1 Å². The molecule has 0 radical (unpaired) electrons. The van der Waals surface area contributed by atoms with Gasteiger partial charge in [-0.2, -0.15) is 8.78 Å². The van der Waals surface area contributed by atoms with E-state index in [2.05, 4.69) is 4.74 Å². The van der Waals surface area contributed by atoms with E-state index in [4.69, 9.17) is 4.74 Å². The lowest BCUT2D eigenvalue weighted by atomic mass is 10.0. The molecule has 2 nitrogen and oxygen atoms in total. The van der Waals surface area contributed by atoms with E-state index in [1.807, 2.05) is 18.2 Å². The van der Waals surface area contributed by atoms with E-state index in [1.54, 1.807) is 6.07 Å². The van der Waals surface area contributed by atoms with Gasteiger partial charge >= 0.3 is 6.61 Å². The minimum absolute atomic E-state index is 0.196. The molecule has 0 amide bonds. The maximum absolute atomic E-state index is 12.0. The summed E-state index contributed by atoms with van der Waals surface area (Å²) in [6.45, 7) is -2.09. The standard InChI is InChI=1S/C10H10F2O2/c11-10(12)14-9-6-13-5-7-3-1-2-4-8(7)9/h1-4,9-10H,5-6H2. The second-order valence-electron chi connectivity index (χ2n) is 3.10. The summed E-state index contributed by atoms with van der Waals surface area (Å²) in [5, 5.41) is 0. The molecular formula is C10H10F2O2. The van der Waals surface area contributed by atoms with Crippen LogP contribution in [0.5, 0.6) is 0 Å². The molecular weight excluding hydrogens is 190 g/mol. The van der Waals surface area contributed by atoms with E-state index in [9.17, 15) is 8.78 Å². The van der Waals surface area contributed by atoms with Gasteiger partial charge in [0, 0.05) is 0 Å². The van der Waals surface area contributed by atoms with Crippen molar-refractivity contribution in [3.05, 3.63) is 35.4 Å². The normalized spacial score (nSPS) is 20.9. The van der Waals surface area contributed by atoms with Gasteiger partial charge in [-0.05, 0) is 11.1 Å². The Morgan fingerprint density at radius 1 is 1.36 bits per heavy atom. The molecule has 1 aliphatic heterocycles. The molecule has 76 valence electrons. The Labute approximate surface area is 80.4 Å². The summed E-state index contributed by atoms with van der Waals surface area (Å²) in [4.78, 5) is 0. The van der Waals surface area contributed by atoms with Gasteiger partial charge in [-0.3, -0.25) is 0 Å². The highest BCUT2D eigenvalue weighted by molar-refractivity contribution is 5.30. The maximum Gasteiger partial charge on any atom is 0.345 e. The Kier molecular flexibility index (Phi) is 2.74. The average Bonchev–Trinajstić information content (AvgIpc) is 2.18. The Morgan fingerprint density at radius 2 is 2.14 bits per heavy atom. The number of ether oxygens (including phenoxy) is 2. The fourth-order valence-electron chi connectivity index (χ4n) is 1.58. The molecule has 1 heterocycles. The number of halogens is 2. The van der Waals surface area contributed by atoms with Crippen LogP contribution in [0.3, 0.4) is 0 Å². The summed E-state index contributed by atoms with van der Waals surface area (Å²) in [6, 6.07) is 7.32. The average molecular weight is 200 g/mol. The van der Waals surface area contributed by atoms with Crippen molar-refractivity contribution in [1.29, 1.82) is 0 Å². The summed E-state index contributed by atoms with van der Waals surface area (Å²) >= 11 is 0. The van der Waals surface area contributed by atoms with Crippen LogP contribution < -0.4 is 0 Å². The third kappa shape index (κ3) is 1.91. The summed E-state index contributed by atoms with van der Waals surface area (Å²) in [7, 11) is 0. The largest absolute Gasteiger partial charge is 0.374 e. The summed E-state index contributed by atoms with van der Waals surface area (Å²) < 4.78 is 33.7. The first-order chi connectivity index (χ1) is 6.77. The molecule has 14 heavy (non-hydrogen) atoms. The highest BCUT2D eigenvalue weighted by Gasteiger charge is 2.23. The van der Waals surface area contributed by atoms with Crippen LogP contribution in [-0.4, -0.2) is 13.2 Å². The van der Waals surface area contributed by atoms with Crippen LogP contribution in [0.15, 0.2) is 24.3 Å². The monoisotopic (exact) mass is 200 g/mol. The lowest BCUT2D eigenvalue weighted by molar-refractivity contribution is -0.184. The molecule has 4 heteroatoms. The predicted molar refractivity (Wildman–Crippen MR) is 45.9 cm³/mol. The van der Waals surface area contributed by atoms with Gasteiger partial charge in [-0.15, -0.1) is 0 Å². The summed E-state index contributed by atoms with van der Waals surface area (Å²) in [5.41, 5.74) is 1.73. The van der Waals surface area contributed by atoms with Crippen LogP contribution in [0.2, 0.25) is 0 Å². The van der Waals surface area contributed by atoms with Crippen LogP contribution in [0, 0.1) is 0 Å². The lowest BCUT2D eigenvalue weighted by Gasteiger charge is -2.25. The zero-order valence-electron chi connectivity index (χ0n) is 7.45. The summed E-state index contributed by atoms with van der Waals surface area (Å²) in [5.74, 6) is 0. The first-order valence-electron chi connectivity index (χ1n) is 4.36. The van der Waals surface area contributed by atoms with Gasteiger partial charge in [0.2, 0.25) is 0 Å². The molecule has 1 aromatic carbocycles. The van der Waals surface area contributed by atoms with Crippen LogP contribution in [0.4, 0.5) is 8.78 Å². The highest BCUT2D eigenvalue weighted by atomic mass is 19.3. The van der Waals surface area contributed by atoms with E-state index in [0.717, 1.165) is 11.1 Å². The van der Waals surface area contributed by atoms with Crippen LogP contribution in [0.1, 0.15) is 17.2 Å². The number of fused-ring (bicyclic) bond motifs is 1. The third-order valence-electron chi connectivity index (χ3n) is 2.20. The van der Waals surface area contributed by atoms with Gasteiger partial charge in [0.1, 0.15) is 6.10 Å². The molecule has 0 spiro atoms. The fourth-order valence-corrected chi connectivity index (χ4v) is 1.58. The molecule has 1 unspecified atom stereocenters. The molecule has 0 aliphatic carbocycles. The van der Waals surface area contributed by atoms with E-state index in [0.29, 0.717) is 6.61 Å². The minimum atomic E-state index is -2.75. The fraction of sp³-hybridized carbons (Fsp3) is 0.400. The Morgan fingerprint density at radius 3 is 2.93 bits per heavy atom. The maximum atomic E-state index is 12.0. The van der Waals surface area contributed by atoms with Crippen molar-refractivity contribution in [2.24, 2.45) is 0 Å². The molecule has 0 aromatic heterocycles. The van der Waals surface area contributed by atoms with Crippen LogP contribution in [0.25, 0.3) is 0 Å². The SMILES string of the molecule is FC(F)OC1COCc2ccccc21. The molecule has 1 aliphatic rings. The molecule has 1 atom stereocenters. The lowest BCUT2D eigenvalue weighted by Crippen LogP contribution is -2.20. The smallest absolute Gasteiger partial charge is 0.345 e. The van der Waals surface area contributed by atoms with Crippen molar-refractivity contribution in [2.45, 2.75) is 19.3 Å². The van der Waals surface area contributed by atoms with Crippen molar-refractivity contribution in [2.75, 3.05) is 6.61 Å². The van der Waals surface area contributed by atoms with Crippen LogP contribution >= 0.6 is 0 Å². The highest BCUT2D eigenvalue weighted by Crippen LogP contribution is 2.28. The molecule has 0 fully saturated rings. The third-order valence-corrected chi connectivity index (χ3v) is 2.20. The molecule has 1 aromatic rings. The molecule has 2 rings (SSSR count). The predicted octanol–water partition coefficient (Wildman–Crippen LogP) is 2.50. The number of hydrogen-bond donors (Lipinski definition) is 0. The van der Waals surface area contributed by atoms with E-state index >= 15 is 0 Å². The Hall–Kier alpha value is -1.00. The van der Waals surface area contributed by atoms with Crippen molar-refractivity contribution in [3.63, 3.8) is 0 Å². The number of rotatable bonds is 2.